The van der Waals surface area contributed by atoms with Gasteiger partial charge in [-0.3, -0.25) is 4.79 Å². The number of amides is 1. The molecule has 2 aromatic carbocycles. The fourth-order valence-corrected chi connectivity index (χ4v) is 1.53. The Hall–Kier alpha value is -2.82. The number of azo groups is 1. The van der Waals surface area contributed by atoms with Gasteiger partial charge in [0, 0.05) is 5.56 Å². The van der Waals surface area contributed by atoms with E-state index in [9.17, 15) is 9.59 Å². The van der Waals surface area contributed by atoms with Gasteiger partial charge in [0.25, 0.3) is 5.91 Å². The summed E-state index contributed by atoms with van der Waals surface area (Å²) in [6, 6.07) is 16.0. The van der Waals surface area contributed by atoms with E-state index >= 15 is 0 Å². The Kier molecular flexibility index (Phi) is 4.72. The van der Waals surface area contributed by atoms with Gasteiger partial charge in [-0.05, 0) is 36.4 Å². The zero-order chi connectivity index (χ0) is 14.2. The summed E-state index contributed by atoms with van der Waals surface area (Å²) in [6.07, 6.45) is 0.639. The molecule has 0 spiro atoms. The van der Waals surface area contributed by atoms with Crippen LogP contribution in [0.25, 0.3) is 0 Å². The smallest absolute Gasteiger partial charge is 0.251 e. The van der Waals surface area contributed by atoms with Gasteiger partial charge in [0.05, 0.1) is 17.9 Å². The number of nitrogens with one attached hydrogen (secondary N) is 1. The number of nitrogens with zero attached hydrogens (tertiary/aromatic N) is 2. The Morgan fingerprint density at radius 1 is 0.950 bits per heavy atom. The minimum absolute atomic E-state index is 0.00823. The average Bonchev–Trinajstić information content (AvgIpc) is 2.52. The standard InChI is InChI=1S/C15H13N3O2/c19-11-10-16-15(20)12-6-8-14(9-7-12)18-17-13-4-2-1-3-5-13/h1-9,11H,10H2,(H,16,20). The van der Waals surface area contributed by atoms with Crippen LogP contribution in [0.3, 0.4) is 0 Å². The highest BCUT2D eigenvalue weighted by Crippen LogP contribution is 2.18. The Morgan fingerprint density at radius 2 is 1.55 bits per heavy atom. The lowest BCUT2D eigenvalue weighted by molar-refractivity contribution is -0.107. The third kappa shape index (κ3) is 3.84. The summed E-state index contributed by atoms with van der Waals surface area (Å²) in [6.45, 7) is 0.00823. The zero-order valence-corrected chi connectivity index (χ0v) is 10.7. The predicted octanol–water partition coefficient (Wildman–Crippen LogP) is 3.03. The van der Waals surface area contributed by atoms with Crippen molar-refractivity contribution in [2.75, 3.05) is 6.54 Å². The van der Waals surface area contributed by atoms with E-state index in [0.29, 0.717) is 17.5 Å². The number of hydrogen-bond donors (Lipinski definition) is 1. The SMILES string of the molecule is O=CCNC(=O)c1ccc(N=Nc2ccccc2)cc1. The minimum atomic E-state index is -0.288. The van der Waals surface area contributed by atoms with Crippen LogP contribution in [0.15, 0.2) is 64.8 Å². The molecule has 100 valence electrons. The van der Waals surface area contributed by atoms with Crippen LogP contribution >= 0.6 is 0 Å². The van der Waals surface area contributed by atoms with Crippen molar-refractivity contribution in [3.05, 3.63) is 60.2 Å². The molecular weight excluding hydrogens is 254 g/mol. The van der Waals surface area contributed by atoms with Crippen LogP contribution in [0.4, 0.5) is 11.4 Å². The highest BCUT2D eigenvalue weighted by Gasteiger charge is 2.03. The van der Waals surface area contributed by atoms with E-state index in [1.807, 2.05) is 30.3 Å². The average molecular weight is 267 g/mol. The molecule has 0 saturated heterocycles. The molecule has 0 bridgehead atoms. The molecular formula is C15H13N3O2. The fourth-order valence-electron chi connectivity index (χ4n) is 1.53. The molecule has 20 heavy (non-hydrogen) atoms. The van der Waals surface area contributed by atoms with Crippen molar-refractivity contribution >= 4 is 23.6 Å². The Bertz CT molecular complexity index is 607. The number of aldehydes is 1. The first-order valence-corrected chi connectivity index (χ1v) is 6.08. The van der Waals surface area contributed by atoms with Gasteiger partial charge in [0.2, 0.25) is 0 Å². The van der Waals surface area contributed by atoms with Crippen LogP contribution in [0.1, 0.15) is 10.4 Å². The van der Waals surface area contributed by atoms with Crippen LogP contribution < -0.4 is 5.32 Å². The molecule has 0 aliphatic heterocycles. The van der Waals surface area contributed by atoms with Crippen molar-refractivity contribution < 1.29 is 9.59 Å². The summed E-state index contributed by atoms with van der Waals surface area (Å²) in [7, 11) is 0. The molecule has 2 rings (SSSR count). The summed E-state index contributed by atoms with van der Waals surface area (Å²) in [5.74, 6) is -0.288. The topological polar surface area (TPSA) is 70.9 Å². The molecule has 5 nitrogen and oxygen atoms in total. The van der Waals surface area contributed by atoms with Crippen molar-refractivity contribution in [2.24, 2.45) is 10.2 Å². The number of carbonyl (C=O) groups is 2. The molecule has 0 radical (unpaired) electrons. The molecule has 1 amide bonds. The van der Waals surface area contributed by atoms with Crippen LogP contribution in [-0.2, 0) is 4.79 Å². The van der Waals surface area contributed by atoms with Gasteiger partial charge in [-0.1, -0.05) is 18.2 Å². The number of carbonyl (C=O) groups excluding carboxylic acids is 2. The van der Waals surface area contributed by atoms with Gasteiger partial charge in [0.15, 0.2) is 0 Å². The van der Waals surface area contributed by atoms with Gasteiger partial charge >= 0.3 is 0 Å². The van der Waals surface area contributed by atoms with Gasteiger partial charge in [-0.25, -0.2) is 0 Å². The molecule has 0 aliphatic carbocycles. The van der Waals surface area contributed by atoms with Crippen molar-refractivity contribution in [1.29, 1.82) is 0 Å². The molecule has 1 N–H and O–H groups in total. The number of benzene rings is 2. The molecule has 0 aromatic heterocycles. The third-order valence-corrected chi connectivity index (χ3v) is 2.51. The first-order chi connectivity index (χ1) is 9.79. The predicted molar refractivity (Wildman–Crippen MR) is 75.5 cm³/mol. The zero-order valence-electron chi connectivity index (χ0n) is 10.7. The molecule has 0 saturated carbocycles. The van der Waals surface area contributed by atoms with Crippen LogP contribution in [-0.4, -0.2) is 18.7 Å². The first kappa shape index (κ1) is 13.6. The fraction of sp³-hybridized carbons (Fsp3) is 0.0667. The normalized spacial score (nSPS) is 10.4. The Balaban J connectivity index is 2.03. The lowest BCUT2D eigenvalue weighted by Gasteiger charge is -2.01. The largest absolute Gasteiger partial charge is 0.345 e. The number of rotatable bonds is 5. The highest BCUT2D eigenvalue weighted by molar-refractivity contribution is 5.95. The van der Waals surface area contributed by atoms with Gasteiger partial charge in [-0.15, -0.1) is 0 Å². The van der Waals surface area contributed by atoms with Crippen molar-refractivity contribution in [1.82, 2.24) is 5.32 Å². The second kappa shape index (κ2) is 6.94. The summed E-state index contributed by atoms with van der Waals surface area (Å²) >= 11 is 0. The third-order valence-electron chi connectivity index (χ3n) is 2.51. The van der Waals surface area contributed by atoms with Crippen molar-refractivity contribution in [3.8, 4) is 0 Å². The van der Waals surface area contributed by atoms with Crippen LogP contribution in [0.2, 0.25) is 0 Å². The Morgan fingerprint density at radius 3 is 2.15 bits per heavy atom. The Labute approximate surface area is 116 Å². The maximum absolute atomic E-state index is 11.6. The number of hydrogen-bond acceptors (Lipinski definition) is 4. The molecule has 0 unspecified atom stereocenters. The van der Waals surface area contributed by atoms with Crippen LogP contribution in [0, 0.1) is 0 Å². The van der Waals surface area contributed by atoms with Crippen LogP contribution in [0.5, 0.6) is 0 Å². The van der Waals surface area contributed by atoms with Gasteiger partial charge < -0.3 is 10.1 Å². The van der Waals surface area contributed by atoms with Gasteiger partial charge in [-0.2, -0.15) is 10.2 Å². The summed E-state index contributed by atoms with van der Waals surface area (Å²) in [5.41, 5.74) is 1.90. The molecule has 2 aromatic rings. The maximum Gasteiger partial charge on any atom is 0.251 e. The lowest BCUT2D eigenvalue weighted by atomic mass is 10.2. The summed E-state index contributed by atoms with van der Waals surface area (Å²) < 4.78 is 0. The van der Waals surface area contributed by atoms with E-state index in [4.69, 9.17) is 0 Å². The molecule has 0 atom stereocenters. The van der Waals surface area contributed by atoms with E-state index < -0.39 is 0 Å². The van der Waals surface area contributed by atoms with E-state index in [1.165, 1.54) is 0 Å². The quantitative estimate of drug-likeness (QED) is 0.668. The highest BCUT2D eigenvalue weighted by atomic mass is 16.2. The molecule has 0 aliphatic rings. The first-order valence-electron chi connectivity index (χ1n) is 6.08. The molecule has 0 heterocycles. The molecule has 0 fully saturated rings. The lowest BCUT2D eigenvalue weighted by Crippen LogP contribution is -2.24. The summed E-state index contributed by atoms with van der Waals surface area (Å²) in [5, 5.41) is 10.6. The molecule has 5 heteroatoms. The van der Waals surface area contributed by atoms with Gasteiger partial charge in [0.1, 0.15) is 6.29 Å². The van der Waals surface area contributed by atoms with E-state index in [2.05, 4.69) is 15.5 Å². The minimum Gasteiger partial charge on any atom is -0.345 e. The second-order valence-electron chi connectivity index (χ2n) is 3.96. The van der Waals surface area contributed by atoms with Crippen molar-refractivity contribution in [2.45, 2.75) is 0 Å². The van der Waals surface area contributed by atoms with E-state index in [-0.39, 0.29) is 12.5 Å². The van der Waals surface area contributed by atoms with Crippen molar-refractivity contribution in [3.63, 3.8) is 0 Å². The summed E-state index contributed by atoms with van der Waals surface area (Å²) in [4.78, 5) is 21.7. The second-order valence-corrected chi connectivity index (χ2v) is 3.96. The maximum atomic E-state index is 11.6. The van der Waals surface area contributed by atoms with E-state index in [0.717, 1.165) is 5.69 Å². The van der Waals surface area contributed by atoms with E-state index in [1.54, 1.807) is 24.3 Å². The monoisotopic (exact) mass is 267 g/mol.